The van der Waals surface area contributed by atoms with E-state index in [1.165, 1.54) is 0 Å². The van der Waals surface area contributed by atoms with Crippen LogP contribution in [-0.2, 0) is 4.74 Å². The topological polar surface area (TPSA) is 81.2 Å². The maximum absolute atomic E-state index is 11.8. The van der Waals surface area contributed by atoms with Crippen LogP contribution in [0.3, 0.4) is 0 Å². The number of hydrogen-bond acceptors (Lipinski definition) is 7. The van der Waals surface area contributed by atoms with Crippen molar-refractivity contribution < 1.29 is 18.3 Å². The Bertz CT molecular complexity index is 381. The van der Waals surface area contributed by atoms with Crippen LogP contribution in [0.4, 0.5) is 20.7 Å². The largest absolute Gasteiger partial charge is 0.464 e. The van der Waals surface area contributed by atoms with Crippen molar-refractivity contribution in [1.29, 1.82) is 0 Å². The van der Waals surface area contributed by atoms with E-state index in [0.717, 1.165) is 0 Å². The van der Waals surface area contributed by atoms with Crippen LogP contribution in [0.15, 0.2) is 0 Å². The summed E-state index contributed by atoms with van der Waals surface area (Å²) in [5.74, 6) is 0.651. The van der Waals surface area contributed by atoms with Crippen molar-refractivity contribution in [2.45, 2.75) is 13.3 Å². The second-order valence-corrected chi connectivity index (χ2v) is 3.34. The predicted molar refractivity (Wildman–Crippen MR) is 65.9 cm³/mol. The van der Waals surface area contributed by atoms with E-state index in [-0.39, 0.29) is 12.6 Å². The highest BCUT2D eigenvalue weighted by molar-refractivity contribution is 5.35. The van der Waals surface area contributed by atoms with Gasteiger partial charge in [-0.15, -0.1) is 0 Å². The highest BCUT2D eigenvalue weighted by Crippen LogP contribution is 2.10. The average Bonchev–Trinajstić information content (AvgIpc) is 2.38. The fraction of sp³-hybridized carbons (Fsp3) is 0.700. The van der Waals surface area contributed by atoms with Gasteiger partial charge >= 0.3 is 6.01 Å². The zero-order chi connectivity index (χ0) is 14.1. The van der Waals surface area contributed by atoms with Crippen molar-refractivity contribution in [2.24, 2.45) is 0 Å². The molecular weight excluding hydrogens is 260 g/mol. The molecule has 0 atom stereocenters. The first-order chi connectivity index (χ1) is 9.15. The summed E-state index contributed by atoms with van der Waals surface area (Å²) in [6.07, 6.45) is -2.46. The number of aromatic nitrogens is 3. The van der Waals surface area contributed by atoms with Gasteiger partial charge in [-0.2, -0.15) is 15.0 Å². The molecule has 0 unspecified atom stereocenters. The molecule has 0 saturated heterocycles. The number of alkyl halides is 2. The fourth-order valence-electron chi connectivity index (χ4n) is 1.15. The van der Waals surface area contributed by atoms with Crippen LogP contribution in [0.2, 0.25) is 0 Å². The molecule has 1 heterocycles. The van der Waals surface area contributed by atoms with Crippen molar-refractivity contribution in [3.8, 4) is 6.01 Å². The van der Waals surface area contributed by atoms with Crippen molar-refractivity contribution in [3.63, 3.8) is 0 Å². The second kappa shape index (κ2) is 8.35. The molecule has 0 amide bonds. The first-order valence-corrected chi connectivity index (χ1v) is 5.82. The lowest BCUT2D eigenvalue weighted by atomic mass is 10.6. The van der Waals surface area contributed by atoms with Gasteiger partial charge in [-0.3, -0.25) is 0 Å². The minimum absolute atomic E-state index is 0.134. The van der Waals surface area contributed by atoms with Crippen LogP contribution < -0.4 is 15.4 Å². The van der Waals surface area contributed by atoms with Crippen LogP contribution in [0.25, 0.3) is 0 Å². The van der Waals surface area contributed by atoms with Gasteiger partial charge in [0.05, 0.1) is 13.2 Å². The van der Waals surface area contributed by atoms with Crippen molar-refractivity contribution in [3.05, 3.63) is 0 Å². The Labute approximate surface area is 109 Å². The zero-order valence-corrected chi connectivity index (χ0v) is 10.8. The van der Waals surface area contributed by atoms with Gasteiger partial charge in [0, 0.05) is 13.6 Å². The molecule has 0 radical (unpaired) electrons. The highest BCUT2D eigenvalue weighted by atomic mass is 19.3. The number of rotatable bonds is 9. The van der Waals surface area contributed by atoms with E-state index in [1.54, 1.807) is 7.05 Å². The summed E-state index contributed by atoms with van der Waals surface area (Å²) in [5, 5.41) is 5.61. The van der Waals surface area contributed by atoms with E-state index < -0.39 is 13.0 Å². The number of nitrogens with zero attached hydrogens (tertiary/aromatic N) is 3. The predicted octanol–water partition coefficient (Wildman–Crippen LogP) is 1.01. The Morgan fingerprint density at radius 3 is 2.58 bits per heavy atom. The van der Waals surface area contributed by atoms with Gasteiger partial charge in [0.2, 0.25) is 11.9 Å². The van der Waals surface area contributed by atoms with E-state index >= 15 is 0 Å². The third kappa shape index (κ3) is 6.09. The molecular formula is C10H17F2N5O2. The van der Waals surface area contributed by atoms with Crippen LogP contribution in [0, 0.1) is 0 Å². The highest BCUT2D eigenvalue weighted by Gasteiger charge is 2.06. The molecule has 0 aliphatic rings. The number of nitrogens with one attached hydrogen (secondary N) is 2. The first kappa shape index (κ1) is 15.3. The lowest BCUT2D eigenvalue weighted by Gasteiger charge is -2.08. The molecule has 0 aliphatic carbocycles. The van der Waals surface area contributed by atoms with Gasteiger partial charge < -0.3 is 20.1 Å². The van der Waals surface area contributed by atoms with Crippen LogP contribution in [0.5, 0.6) is 6.01 Å². The summed E-state index contributed by atoms with van der Waals surface area (Å²) in [6, 6.07) is 0.192. The quantitative estimate of drug-likeness (QED) is 0.652. The molecule has 9 heteroatoms. The second-order valence-electron chi connectivity index (χ2n) is 3.34. The fourth-order valence-corrected chi connectivity index (χ4v) is 1.15. The van der Waals surface area contributed by atoms with Crippen molar-refractivity contribution >= 4 is 11.9 Å². The van der Waals surface area contributed by atoms with Crippen molar-refractivity contribution in [1.82, 2.24) is 15.0 Å². The lowest BCUT2D eigenvalue weighted by molar-refractivity contribution is 0.0214. The summed E-state index contributed by atoms with van der Waals surface area (Å²) in [7, 11) is 1.67. The summed E-state index contributed by atoms with van der Waals surface area (Å²) in [6.45, 7) is 2.11. The minimum Gasteiger partial charge on any atom is -0.464 e. The van der Waals surface area contributed by atoms with Crippen LogP contribution in [-0.4, -0.2) is 54.8 Å². The van der Waals surface area contributed by atoms with E-state index in [1.807, 2.05) is 6.92 Å². The molecule has 108 valence electrons. The van der Waals surface area contributed by atoms with E-state index in [0.29, 0.717) is 25.0 Å². The molecule has 0 bridgehead atoms. The maximum Gasteiger partial charge on any atom is 0.323 e. The van der Waals surface area contributed by atoms with Crippen LogP contribution in [0.1, 0.15) is 6.92 Å². The molecule has 2 N–H and O–H groups in total. The first-order valence-electron chi connectivity index (χ1n) is 5.82. The van der Waals surface area contributed by atoms with Gasteiger partial charge in [-0.05, 0) is 6.92 Å². The molecule has 1 aromatic heterocycles. The standard InChI is InChI=1S/C10H17F2N5O2/c1-3-19-10-16-8(13-2)15-9(17-10)14-4-5-18-6-7(11)12/h7H,3-6H2,1-2H3,(H2,13,14,15,16,17). The average molecular weight is 277 g/mol. The Hall–Kier alpha value is -1.77. The van der Waals surface area contributed by atoms with Gasteiger partial charge in [0.25, 0.3) is 6.43 Å². The molecule has 0 spiro atoms. The molecule has 0 fully saturated rings. The van der Waals surface area contributed by atoms with Crippen molar-refractivity contribution in [2.75, 3.05) is 44.0 Å². The normalized spacial score (nSPS) is 10.6. The SMILES string of the molecule is CCOc1nc(NC)nc(NCCOCC(F)F)n1. The Balaban J connectivity index is 2.45. The lowest BCUT2D eigenvalue weighted by Crippen LogP contribution is -2.15. The minimum atomic E-state index is -2.46. The van der Waals surface area contributed by atoms with Gasteiger partial charge in [0.15, 0.2) is 0 Å². The molecule has 1 rings (SSSR count). The smallest absolute Gasteiger partial charge is 0.323 e. The molecule has 7 nitrogen and oxygen atoms in total. The molecule has 0 saturated carbocycles. The summed E-state index contributed by atoms with van der Waals surface area (Å²) >= 11 is 0. The third-order valence-electron chi connectivity index (χ3n) is 1.89. The number of hydrogen-bond donors (Lipinski definition) is 2. The Kier molecular flexibility index (Phi) is 6.72. The number of anilines is 2. The van der Waals surface area contributed by atoms with E-state index in [4.69, 9.17) is 9.47 Å². The summed E-state index contributed by atoms with van der Waals surface area (Å²) in [5.41, 5.74) is 0. The maximum atomic E-state index is 11.8. The van der Waals surface area contributed by atoms with E-state index in [9.17, 15) is 8.78 Å². The van der Waals surface area contributed by atoms with Gasteiger partial charge in [0.1, 0.15) is 6.61 Å². The van der Waals surface area contributed by atoms with Gasteiger partial charge in [-0.25, -0.2) is 8.78 Å². The zero-order valence-electron chi connectivity index (χ0n) is 10.8. The Morgan fingerprint density at radius 1 is 1.21 bits per heavy atom. The molecule has 0 aromatic carbocycles. The van der Waals surface area contributed by atoms with E-state index in [2.05, 4.69) is 25.6 Å². The monoisotopic (exact) mass is 277 g/mol. The Morgan fingerprint density at radius 2 is 1.95 bits per heavy atom. The summed E-state index contributed by atoms with van der Waals surface area (Å²) < 4.78 is 33.5. The van der Waals surface area contributed by atoms with Gasteiger partial charge in [-0.1, -0.05) is 0 Å². The number of ether oxygens (including phenoxy) is 2. The number of halogens is 2. The molecule has 19 heavy (non-hydrogen) atoms. The molecule has 1 aromatic rings. The molecule has 0 aliphatic heterocycles. The summed E-state index contributed by atoms with van der Waals surface area (Å²) in [4.78, 5) is 12.0. The van der Waals surface area contributed by atoms with Crippen LogP contribution >= 0.6 is 0 Å². The third-order valence-corrected chi connectivity index (χ3v) is 1.89.